The van der Waals surface area contributed by atoms with Crippen molar-refractivity contribution in [3.63, 3.8) is 0 Å². The minimum atomic E-state index is -3.75. The van der Waals surface area contributed by atoms with Gasteiger partial charge in [0, 0.05) is 44.0 Å². The van der Waals surface area contributed by atoms with Crippen LogP contribution in [-0.2, 0) is 16.4 Å². The van der Waals surface area contributed by atoms with Crippen LogP contribution in [0.3, 0.4) is 0 Å². The van der Waals surface area contributed by atoms with E-state index >= 15 is 0 Å². The Bertz CT molecular complexity index is 1260. The zero-order valence-corrected chi connectivity index (χ0v) is 20.3. The number of piperazine rings is 1. The molecule has 184 valence electrons. The summed E-state index contributed by atoms with van der Waals surface area (Å²) in [5.41, 5.74) is 2.21. The Balaban J connectivity index is 1.35. The highest BCUT2D eigenvalue weighted by molar-refractivity contribution is 7.89. The molecule has 9 heteroatoms. The summed E-state index contributed by atoms with van der Waals surface area (Å²) >= 11 is 0. The number of carbonyl (C=O) groups is 1. The number of carbonyl (C=O) groups excluding carboxylic acids is 1. The molecular formula is C26H28FN3O4S. The highest BCUT2D eigenvalue weighted by Gasteiger charge is 2.29. The molecule has 0 bridgehead atoms. The van der Waals surface area contributed by atoms with Crippen LogP contribution in [0.15, 0.2) is 77.7 Å². The first-order valence-electron chi connectivity index (χ1n) is 11.4. The molecule has 1 aliphatic rings. The van der Waals surface area contributed by atoms with Gasteiger partial charge in [0.1, 0.15) is 11.6 Å². The molecule has 7 nitrogen and oxygen atoms in total. The van der Waals surface area contributed by atoms with Gasteiger partial charge in [-0.1, -0.05) is 18.2 Å². The fourth-order valence-electron chi connectivity index (χ4n) is 4.00. The van der Waals surface area contributed by atoms with Gasteiger partial charge in [0.15, 0.2) is 0 Å². The maximum absolute atomic E-state index is 13.2. The molecule has 3 aromatic rings. The standard InChI is InChI=1S/C26H28FN3O4S/c1-34-24-11-5-20(6-12-24)13-14-28-26(31)21-3-2-4-25(19-21)35(32,33)30-17-15-29(16-18-30)23-9-7-22(27)8-10-23/h2-12,19H,13-18H2,1H3,(H,28,31). The summed E-state index contributed by atoms with van der Waals surface area (Å²) in [6.07, 6.45) is 0.645. The third kappa shape index (κ3) is 5.98. The average Bonchev–Trinajstić information content (AvgIpc) is 2.89. The van der Waals surface area contributed by atoms with Gasteiger partial charge in [-0.25, -0.2) is 12.8 Å². The smallest absolute Gasteiger partial charge is 0.251 e. The Morgan fingerprint density at radius 1 is 0.971 bits per heavy atom. The lowest BCUT2D eigenvalue weighted by Crippen LogP contribution is -2.48. The van der Waals surface area contributed by atoms with Crippen LogP contribution in [0.1, 0.15) is 15.9 Å². The zero-order chi connectivity index (χ0) is 24.8. The normalized spacial score (nSPS) is 14.5. The predicted molar refractivity (Wildman–Crippen MR) is 133 cm³/mol. The number of benzene rings is 3. The number of halogens is 1. The minimum Gasteiger partial charge on any atom is -0.497 e. The SMILES string of the molecule is COc1ccc(CCNC(=O)c2cccc(S(=O)(=O)N3CCN(c4ccc(F)cc4)CC3)c2)cc1. The summed E-state index contributed by atoms with van der Waals surface area (Å²) in [4.78, 5) is 14.8. The van der Waals surface area contributed by atoms with Gasteiger partial charge < -0.3 is 15.0 Å². The van der Waals surface area contributed by atoms with Gasteiger partial charge in [0.2, 0.25) is 10.0 Å². The topological polar surface area (TPSA) is 78.9 Å². The number of nitrogens with zero attached hydrogens (tertiary/aromatic N) is 2. The summed E-state index contributed by atoms with van der Waals surface area (Å²) in [6.45, 7) is 2.02. The highest BCUT2D eigenvalue weighted by atomic mass is 32.2. The van der Waals surface area contributed by atoms with Gasteiger partial charge in [-0.05, 0) is 66.6 Å². The Morgan fingerprint density at radius 2 is 1.66 bits per heavy atom. The summed E-state index contributed by atoms with van der Waals surface area (Å²) in [7, 11) is -2.14. The zero-order valence-electron chi connectivity index (χ0n) is 19.5. The van der Waals surface area contributed by atoms with E-state index in [4.69, 9.17) is 4.74 Å². The van der Waals surface area contributed by atoms with E-state index < -0.39 is 10.0 Å². The molecule has 0 saturated carbocycles. The lowest BCUT2D eigenvalue weighted by Gasteiger charge is -2.35. The fraction of sp³-hybridized carbons (Fsp3) is 0.269. The highest BCUT2D eigenvalue weighted by Crippen LogP contribution is 2.22. The molecule has 0 aliphatic carbocycles. The van der Waals surface area contributed by atoms with Gasteiger partial charge in [0.25, 0.3) is 5.91 Å². The van der Waals surface area contributed by atoms with Crippen LogP contribution in [0.4, 0.5) is 10.1 Å². The molecule has 1 aliphatic heterocycles. The molecule has 1 amide bonds. The summed E-state index contributed by atoms with van der Waals surface area (Å²) in [5.74, 6) is 0.143. The van der Waals surface area contributed by atoms with Crippen molar-refractivity contribution in [1.29, 1.82) is 0 Å². The molecule has 0 spiro atoms. The summed E-state index contributed by atoms with van der Waals surface area (Å²) in [6, 6.07) is 19.9. The molecule has 0 atom stereocenters. The van der Waals surface area contributed by atoms with Crippen LogP contribution in [0.5, 0.6) is 5.75 Å². The molecule has 1 fully saturated rings. The molecule has 1 heterocycles. The van der Waals surface area contributed by atoms with Crippen molar-refractivity contribution >= 4 is 21.6 Å². The van der Waals surface area contributed by atoms with E-state index in [0.29, 0.717) is 44.7 Å². The number of methoxy groups -OCH3 is 1. The average molecular weight is 498 g/mol. The Morgan fingerprint density at radius 3 is 2.31 bits per heavy atom. The number of rotatable bonds is 8. The second-order valence-corrected chi connectivity index (χ2v) is 10.2. The number of ether oxygens (including phenoxy) is 1. The molecule has 3 aromatic carbocycles. The van der Waals surface area contributed by atoms with Gasteiger partial charge in [-0.3, -0.25) is 4.79 Å². The maximum Gasteiger partial charge on any atom is 0.251 e. The molecular weight excluding hydrogens is 469 g/mol. The number of nitrogens with one attached hydrogen (secondary N) is 1. The molecule has 1 N–H and O–H groups in total. The van der Waals surface area contributed by atoms with Crippen molar-refractivity contribution in [2.24, 2.45) is 0 Å². The molecule has 1 saturated heterocycles. The first-order chi connectivity index (χ1) is 16.9. The van der Waals surface area contributed by atoms with Crippen molar-refractivity contribution < 1.29 is 22.3 Å². The minimum absolute atomic E-state index is 0.0931. The first-order valence-corrected chi connectivity index (χ1v) is 12.8. The predicted octanol–water partition coefficient (Wildman–Crippen LogP) is 3.32. The molecule has 35 heavy (non-hydrogen) atoms. The van der Waals surface area contributed by atoms with Crippen molar-refractivity contribution in [2.75, 3.05) is 44.7 Å². The van der Waals surface area contributed by atoms with E-state index in [1.54, 1.807) is 31.4 Å². The second kappa shape index (κ2) is 10.9. The van der Waals surface area contributed by atoms with Gasteiger partial charge in [0.05, 0.1) is 12.0 Å². The summed E-state index contributed by atoms with van der Waals surface area (Å²) in [5, 5.41) is 2.85. The van der Waals surface area contributed by atoms with Crippen molar-refractivity contribution in [3.8, 4) is 5.75 Å². The third-order valence-electron chi connectivity index (χ3n) is 6.02. The van der Waals surface area contributed by atoms with E-state index in [1.807, 2.05) is 29.2 Å². The second-order valence-electron chi connectivity index (χ2n) is 8.25. The quantitative estimate of drug-likeness (QED) is 0.517. The Labute approximate surface area is 205 Å². The van der Waals surface area contributed by atoms with E-state index in [2.05, 4.69) is 5.32 Å². The van der Waals surface area contributed by atoms with Gasteiger partial charge in [-0.2, -0.15) is 4.31 Å². The van der Waals surface area contributed by atoms with Crippen molar-refractivity contribution in [1.82, 2.24) is 9.62 Å². The summed E-state index contributed by atoms with van der Waals surface area (Å²) < 4.78 is 46.2. The number of anilines is 1. The molecule has 0 aromatic heterocycles. The lowest BCUT2D eigenvalue weighted by atomic mass is 10.1. The fourth-order valence-corrected chi connectivity index (χ4v) is 5.47. The molecule has 0 unspecified atom stereocenters. The van der Waals surface area contributed by atoms with Crippen LogP contribution in [0, 0.1) is 5.82 Å². The van der Waals surface area contributed by atoms with E-state index in [-0.39, 0.29) is 16.6 Å². The van der Waals surface area contributed by atoms with E-state index in [9.17, 15) is 17.6 Å². The van der Waals surface area contributed by atoms with Crippen LogP contribution in [0.25, 0.3) is 0 Å². The van der Waals surface area contributed by atoms with Crippen LogP contribution >= 0.6 is 0 Å². The monoisotopic (exact) mass is 497 g/mol. The first kappa shape index (κ1) is 24.7. The van der Waals surface area contributed by atoms with Crippen molar-refractivity contribution in [2.45, 2.75) is 11.3 Å². The van der Waals surface area contributed by atoms with Crippen LogP contribution in [-0.4, -0.2) is 58.5 Å². The largest absolute Gasteiger partial charge is 0.497 e. The Kier molecular flexibility index (Phi) is 7.67. The van der Waals surface area contributed by atoms with Crippen LogP contribution in [0.2, 0.25) is 0 Å². The van der Waals surface area contributed by atoms with Crippen molar-refractivity contribution in [3.05, 3.63) is 89.7 Å². The molecule has 4 rings (SSSR count). The third-order valence-corrected chi connectivity index (χ3v) is 7.92. The number of amides is 1. The molecule has 0 radical (unpaired) electrons. The van der Waals surface area contributed by atoms with Gasteiger partial charge in [-0.15, -0.1) is 0 Å². The van der Waals surface area contributed by atoms with E-state index in [1.165, 1.54) is 28.6 Å². The lowest BCUT2D eigenvalue weighted by molar-refractivity contribution is 0.0954. The maximum atomic E-state index is 13.2. The van der Waals surface area contributed by atoms with Gasteiger partial charge >= 0.3 is 0 Å². The number of hydrogen-bond acceptors (Lipinski definition) is 5. The van der Waals surface area contributed by atoms with E-state index in [0.717, 1.165) is 17.0 Å². The number of hydrogen-bond donors (Lipinski definition) is 1. The Hall–Kier alpha value is -3.43. The number of sulfonamides is 1. The van der Waals surface area contributed by atoms with Crippen LogP contribution < -0.4 is 15.0 Å².